The number of aromatic nitrogens is 3. The van der Waals surface area contributed by atoms with E-state index >= 15 is 0 Å². The zero-order chi connectivity index (χ0) is 18.2. The van der Waals surface area contributed by atoms with Gasteiger partial charge >= 0.3 is 0 Å². The Balaban J connectivity index is 1.43. The van der Waals surface area contributed by atoms with Crippen LogP contribution in [0.25, 0.3) is 32.5 Å². The van der Waals surface area contributed by atoms with Crippen LogP contribution >= 0.6 is 11.3 Å². The standard InChI is InChI=1S/C20H14N4O2S/c25-19(24-26-13-7-2-1-3-8-13)17-11-14-18(22-23-20(14)27-17)16-10-12-6-4-5-9-15(12)21-16/h1-11,21H,(H,22,23)(H,24,25). The Kier molecular flexibility index (Phi) is 3.65. The van der Waals surface area contributed by atoms with Crippen LogP contribution in [0.4, 0.5) is 0 Å². The number of hydrogen-bond acceptors (Lipinski definition) is 4. The Morgan fingerprint density at radius 1 is 1.04 bits per heavy atom. The highest BCUT2D eigenvalue weighted by molar-refractivity contribution is 7.20. The van der Waals surface area contributed by atoms with Crippen LogP contribution in [0.5, 0.6) is 5.75 Å². The van der Waals surface area contributed by atoms with E-state index in [1.807, 2.05) is 48.5 Å². The smallest absolute Gasteiger partial charge is 0.294 e. The molecule has 3 heterocycles. The fourth-order valence-corrected chi connectivity index (χ4v) is 3.87. The molecule has 0 saturated carbocycles. The molecule has 132 valence electrons. The number of para-hydroxylation sites is 2. The first-order chi connectivity index (χ1) is 13.3. The lowest BCUT2D eigenvalue weighted by atomic mass is 10.2. The van der Waals surface area contributed by atoms with Crippen LogP contribution in [-0.4, -0.2) is 21.1 Å². The molecule has 2 aromatic carbocycles. The van der Waals surface area contributed by atoms with Crippen molar-refractivity contribution in [1.29, 1.82) is 0 Å². The van der Waals surface area contributed by atoms with Crippen LogP contribution in [0.3, 0.4) is 0 Å². The van der Waals surface area contributed by atoms with E-state index in [2.05, 4.69) is 26.7 Å². The number of fused-ring (bicyclic) bond motifs is 2. The number of carbonyl (C=O) groups excluding carboxylic acids is 1. The fraction of sp³-hybridized carbons (Fsp3) is 0. The molecule has 3 aromatic heterocycles. The summed E-state index contributed by atoms with van der Waals surface area (Å²) in [6.45, 7) is 0. The summed E-state index contributed by atoms with van der Waals surface area (Å²) in [5.41, 5.74) is 5.23. The van der Waals surface area contributed by atoms with Gasteiger partial charge in [0.25, 0.3) is 5.91 Å². The van der Waals surface area contributed by atoms with Gasteiger partial charge in [-0.25, -0.2) is 0 Å². The van der Waals surface area contributed by atoms with E-state index in [9.17, 15) is 4.79 Å². The molecular weight excluding hydrogens is 360 g/mol. The molecule has 0 unspecified atom stereocenters. The quantitative estimate of drug-likeness (QED) is 0.405. The third-order valence-corrected chi connectivity index (χ3v) is 5.31. The normalized spacial score (nSPS) is 11.1. The van der Waals surface area contributed by atoms with E-state index in [0.717, 1.165) is 32.5 Å². The molecule has 0 fully saturated rings. The first-order valence-electron chi connectivity index (χ1n) is 8.36. The number of carbonyl (C=O) groups is 1. The largest absolute Gasteiger partial charge is 0.379 e. The van der Waals surface area contributed by atoms with E-state index in [0.29, 0.717) is 10.6 Å². The highest BCUT2D eigenvalue weighted by Gasteiger charge is 2.17. The molecule has 0 atom stereocenters. The Hall–Kier alpha value is -3.58. The van der Waals surface area contributed by atoms with Gasteiger partial charge in [0.1, 0.15) is 10.5 Å². The molecule has 1 amide bonds. The monoisotopic (exact) mass is 374 g/mol. The zero-order valence-electron chi connectivity index (χ0n) is 14.0. The predicted octanol–water partition coefficient (Wildman–Crippen LogP) is 4.50. The Morgan fingerprint density at radius 2 is 1.85 bits per heavy atom. The maximum Gasteiger partial charge on any atom is 0.294 e. The van der Waals surface area contributed by atoms with E-state index in [-0.39, 0.29) is 5.91 Å². The number of thiophene rings is 1. The average molecular weight is 374 g/mol. The molecule has 0 aliphatic rings. The molecule has 3 N–H and O–H groups in total. The van der Waals surface area contributed by atoms with Crippen LogP contribution in [0, 0.1) is 0 Å². The van der Waals surface area contributed by atoms with Crippen molar-refractivity contribution < 1.29 is 9.63 Å². The lowest BCUT2D eigenvalue weighted by Gasteiger charge is -2.04. The topological polar surface area (TPSA) is 82.8 Å². The molecule has 7 heteroatoms. The lowest BCUT2D eigenvalue weighted by molar-refractivity contribution is 0.0764. The van der Waals surface area contributed by atoms with Crippen molar-refractivity contribution in [1.82, 2.24) is 20.7 Å². The second kappa shape index (κ2) is 6.30. The van der Waals surface area contributed by atoms with Crippen molar-refractivity contribution >= 4 is 38.4 Å². The number of H-pyrrole nitrogens is 2. The Morgan fingerprint density at radius 3 is 2.70 bits per heavy atom. The van der Waals surface area contributed by atoms with Crippen LogP contribution in [0.1, 0.15) is 9.67 Å². The third kappa shape index (κ3) is 2.84. The summed E-state index contributed by atoms with van der Waals surface area (Å²) in [4.78, 5) is 22.5. The lowest BCUT2D eigenvalue weighted by Crippen LogP contribution is -2.26. The highest BCUT2D eigenvalue weighted by atomic mass is 32.1. The number of hydrogen-bond donors (Lipinski definition) is 3. The average Bonchev–Trinajstić information content (AvgIpc) is 3.40. The number of benzene rings is 2. The number of aromatic amines is 2. The van der Waals surface area contributed by atoms with Gasteiger partial charge in [-0.2, -0.15) is 10.6 Å². The number of hydroxylamine groups is 1. The summed E-state index contributed by atoms with van der Waals surface area (Å²) >= 11 is 1.34. The van der Waals surface area contributed by atoms with Gasteiger partial charge in [-0.1, -0.05) is 36.4 Å². The number of amides is 1. The van der Waals surface area contributed by atoms with Crippen LogP contribution < -0.4 is 10.3 Å². The second-order valence-electron chi connectivity index (χ2n) is 6.04. The van der Waals surface area contributed by atoms with Crippen molar-refractivity contribution in [2.45, 2.75) is 0 Å². The highest BCUT2D eigenvalue weighted by Crippen LogP contribution is 2.33. The molecule has 0 radical (unpaired) electrons. The number of nitrogens with one attached hydrogen (secondary N) is 3. The first kappa shape index (κ1) is 15.7. The van der Waals surface area contributed by atoms with Gasteiger partial charge in [0.05, 0.1) is 10.6 Å². The fourth-order valence-electron chi connectivity index (χ4n) is 2.98. The van der Waals surface area contributed by atoms with Crippen molar-refractivity contribution in [3.63, 3.8) is 0 Å². The van der Waals surface area contributed by atoms with E-state index in [4.69, 9.17) is 4.84 Å². The summed E-state index contributed by atoms with van der Waals surface area (Å²) in [6, 6.07) is 21.1. The van der Waals surface area contributed by atoms with Crippen LogP contribution in [0.15, 0.2) is 66.7 Å². The molecular formula is C20H14N4O2S. The van der Waals surface area contributed by atoms with Crippen molar-refractivity contribution in [3.05, 3.63) is 71.6 Å². The third-order valence-electron chi connectivity index (χ3n) is 4.27. The van der Waals surface area contributed by atoms with Gasteiger partial charge in [-0.3, -0.25) is 9.89 Å². The maximum absolute atomic E-state index is 12.4. The summed E-state index contributed by atoms with van der Waals surface area (Å²) in [7, 11) is 0. The summed E-state index contributed by atoms with van der Waals surface area (Å²) < 4.78 is 0. The number of nitrogens with zero attached hydrogens (tertiary/aromatic N) is 1. The zero-order valence-corrected chi connectivity index (χ0v) is 14.8. The molecule has 27 heavy (non-hydrogen) atoms. The van der Waals surface area contributed by atoms with Gasteiger partial charge in [-0.15, -0.1) is 11.3 Å². The minimum Gasteiger partial charge on any atom is -0.379 e. The molecule has 0 aliphatic carbocycles. The van der Waals surface area contributed by atoms with E-state index < -0.39 is 0 Å². The Labute approximate surface area is 157 Å². The number of rotatable bonds is 4. The molecule has 0 spiro atoms. The summed E-state index contributed by atoms with van der Waals surface area (Å²) in [6.07, 6.45) is 0. The molecule has 5 aromatic rings. The molecule has 0 saturated heterocycles. The molecule has 6 nitrogen and oxygen atoms in total. The summed E-state index contributed by atoms with van der Waals surface area (Å²) in [5.74, 6) is 0.282. The van der Waals surface area contributed by atoms with Crippen molar-refractivity contribution in [2.24, 2.45) is 0 Å². The van der Waals surface area contributed by atoms with Gasteiger partial charge in [0, 0.05) is 16.3 Å². The second-order valence-corrected chi connectivity index (χ2v) is 7.09. The van der Waals surface area contributed by atoms with E-state index in [1.54, 1.807) is 12.1 Å². The first-order valence-corrected chi connectivity index (χ1v) is 9.18. The molecule has 0 aliphatic heterocycles. The van der Waals surface area contributed by atoms with Crippen LogP contribution in [0.2, 0.25) is 0 Å². The maximum atomic E-state index is 12.4. The minimum atomic E-state index is -0.295. The van der Waals surface area contributed by atoms with Crippen molar-refractivity contribution in [2.75, 3.05) is 0 Å². The van der Waals surface area contributed by atoms with Crippen LogP contribution in [-0.2, 0) is 0 Å². The van der Waals surface area contributed by atoms with Gasteiger partial charge in [-0.05, 0) is 30.3 Å². The molecule has 5 rings (SSSR count). The van der Waals surface area contributed by atoms with Gasteiger partial charge < -0.3 is 9.82 Å². The van der Waals surface area contributed by atoms with E-state index in [1.165, 1.54) is 11.3 Å². The molecule has 0 bridgehead atoms. The Bertz CT molecular complexity index is 1220. The summed E-state index contributed by atoms with van der Waals surface area (Å²) in [5, 5.41) is 9.43. The van der Waals surface area contributed by atoms with Gasteiger partial charge in [0.15, 0.2) is 5.75 Å². The predicted molar refractivity (Wildman–Crippen MR) is 106 cm³/mol. The minimum absolute atomic E-state index is 0.295. The SMILES string of the molecule is O=C(NOc1ccccc1)c1cc2c(-c3cc4ccccc4[nH]3)n[nH]c2s1. The van der Waals surface area contributed by atoms with Gasteiger partial charge in [0.2, 0.25) is 0 Å². The van der Waals surface area contributed by atoms with Crippen molar-refractivity contribution in [3.8, 4) is 17.1 Å².